The van der Waals surface area contributed by atoms with Gasteiger partial charge in [0, 0.05) is 0 Å². The normalized spacial score (nSPS) is 15.3. The van der Waals surface area contributed by atoms with Crippen LogP contribution in [-0.4, -0.2) is 26.2 Å². The topological polar surface area (TPSA) is 66.4 Å². The van der Waals surface area contributed by atoms with Crippen molar-refractivity contribution in [2.75, 3.05) is 6.54 Å². The fourth-order valence-corrected chi connectivity index (χ4v) is 4.38. The Morgan fingerprint density at radius 2 is 1.74 bits per heavy atom. The van der Waals surface area contributed by atoms with Crippen molar-refractivity contribution in [1.82, 2.24) is 4.72 Å². The Labute approximate surface area is 139 Å². The van der Waals surface area contributed by atoms with Crippen LogP contribution in [-0.2, 0) is 15.6 Å². The lowest BCUT2D eigenvalue weighted by atomic mass is 9.93. The van der Waals surface area contributed by atoms with Gasteiger partial charge in [-0.05, 0) is 17.7 Å². The molecule has 0 bridgehead atoms. The maximum absolute atomic E-state index is 13.3. The molecule has 1 aromatic heterocycles. The summed E-state index contributed by atoms with van der Waals surface area (Å²) in [5.74, 6) is 0. The fourth-order valence-electron chi connectivity index (χ4n) is 1.79. The minimum Gasteiger partial charge on any atom is -0.375 e. The second-order valence-electron chi connectivity index (χ2n) is 4.61. The summed E-state index contributed by atoms with van der Waals surface area (Å²) in [6.07, 6.45) is -5.07. The van der Waals surface area contributed by atoms with Gasteiger partial charge in [-0.1, -0.05) is 41.9 Å². The number of thiophene rings is 1. The number of benzene rings is 1. The molecule has 2 N–H and O–H groups in total. The van der Waals surface area contributed by atoms with Gasteiger partial charge in [0.05, 0.1) is 10.9 Å². The zero-order chi connectivity index (χ0) is 17.3. The van der Waals surface area contributed by atoms with Crippen molar-refractivity contribution in [1.29, 1.82) is 0 Å². The van der Waals surface area contributed by atoms with E-state index in [4.69, 9.17) is 11.6 Å². The van der Waals surface area contributed by atoms with E-state index in [0.717, 1.165) is 12.1 Å². The Morgan fingerprint density at radius 1 is 1.13 bits per heavy atom. The minimum absolute atomic E-state index is 0.180. The molecule has 1 heterocycles. The first-order valence-electron chi connectivity index (χ1n) is 6.16. The van der Waals surface area contributed by atoms with E-state index in [-0.39, 0.29) is 8.55 Å². The molecule has 0 saturated heterocycles. The zero-order valence-corrected chi connectivity index (χ0v) is 13.7. The highest BCUT2D eigenvalue weighted by Crippen LogP contribution is 2.38. The molecule has 0 radical (unpaired) electrons. The first-order chi connectivity index (χ1) is 10.6. The molecule has 0 unspecified atom stereocenters. The average molecular weight is 386 g/mol. The number of alkyl halides is 3. The van der Waals surface area contributed by atoms with Crippen molar-refractivity contribution in [3.05, 3.63) is 52.4 Å². The summed E-state index contributed by atoms with van der Waals surface area (Å²) in [6.45, 7) is -1.25. The van der Waals surface area contributed by atoms with E-state index < -0.39 is 33.9 Å². The van der Waals surface area contributed by atoms with Gasteiger partial charge >= 0.3 is 6.18 Å². The number of hydrogen-bond acceptors (Lipinski definition) is 4. The van der Waals surface area contributed by atoms with Crippen LogP contribution in [0.2, 0.25) is 4.34 Å². The number of sulfonamides is 1. The molecule has 4 nitrogen and oxygen atoms in total. The van der Waals surface area contributed by atoms with Crippen molar-refractivity contribution in [3.63, 3.8) is 0 Å². The van der Waals surface area contributed by atoms with Crippen LogP contribution in [0.3, 0.4) is 0 Å². The first-order valence-corrected chi connectivity index (χ1v) is 8.84. The molecule has 0 saturated carbocycles. The maximum Gasteiger partial charge on any atom is 0.422 e. The molecule has 23 heavy (non-hydrogen) atoms. The molecule has 10 heteroatoms. The molecule has 1 aromatic carbocycles. The third-order valence-corrected chi connectivity index (χ3v) is 6.18. The van der Waals surface area contributed by atoms with Crippen molar-refractivity contribution in [2.45, 2.75) is 16.0 Å². The lowest BCUT2D eigenvalue weighted by Gasteiger charge is -2.31. The summed E-state index contributed by atoms with van der Waals surface area (Å²) >= 11 is 6.32. The quantitative estimate of drug-likeness (QED) is 0.831. The molecule has 0 aliphatic rings. The van der Waals surface area contributed by atoms with E-state index in [2.05, 4.69) is 0 Å². The third-order valence-electron chi connectivity index (χ3n) is 3.05. The van der Waals surface area contributed by atoms with Gasteiger partial charge in [0.15, 0.2) is 5.60 Å². The predicted octanol–water partition coefficient (Wildman–Crippen LogP) is 3.13. The van der Waals surface area contributed by atoms with Crippen LogP contribution in [0.25, 0.3) is 0 Å². The van der Waals surface area contributed by atoms with Crippen LogP contribution >= 0.6 is 22.9 Å². The second-order valence-corrected chi connectivity index (χ2v) is 8.32. The summed E-state index contributed by atoms with van der Waals surface area (Å²) in [7, 11) is -4.22. The van der Waals surface area contributed by atoms with Gasteiger partial charge in [-0.15, -0.1) is 11.3 Å². The van der Waals surface area contributed by atoms with E-state index in [9.17, 15) is 26.7 Å². The Bertz CT molecular complexity index is 777. The lowest BCUT2D eigenvalue weighted by Crippen LogP contribution is -2.50. The van der Waals surface area contributed by atoms with Gasteiger partial charge in [0.2, 0.25) is 10.0 Å². The minimum atomic E-state index is -5.07. The Morgan fingerprint density at radius 3 is 2.22 bits per heavy atom. The van der Waals surface area contributed by atoms with E-state index in [1.54, 1.807) is 4.72 Å². The standard InChI is InChI=1S/C13H11ClF3NO3S2/c14-10-6-7-11(22-10)23(20,21)18-8-12(19,13(15,16)17)9-4-2-1-3-5-9/h1-7,18-19H,8H2/t12-/m1/s1. The van der Waals surface area contributed by atoms with Gasteiger partial charge in [-0.25, -0.2) is 13.1 Å². The Kier molecular flexibility index (Phi) is 5.07. The summed E-state index contributed by atoms with van der Waals surface area (Å²) in [5.41, 5.74) is -3.80. The van der Waals surface area contributed by atoms with E-state index >= 15 is 0 Å². The second kappa shape index (κ2) is 6.40. The van der Waals surface area contributed by atoms with Crippen molar-refractivity contribution in [3.8, 4) is 0 Å². The molecular weight excluding hydrogens is 375 g/mol. The highest BCUT2D eigenvalue weighted by Gasteiger charge is 2.55. The lowest BCUT2D eigenvalue weighted by molar-refractivity contribution is -0.263. The van der Waals surface area contributed by atoms with Gasteiger partial charge < -0.3 is 5.11 Å². The SMILES string of the molecule is O=S(=O)(NC[C@@](O)(c1ccccc1)C(F)(F)F)c1ccc(Cl)s1. The Hall–Kier alpha value is -1.13. The largest absolute Gasteiger partial charge is 0.422 e. The smallest absolute Gasteiger partial charge is 0.375 e. The summed E-state index contributed by atoms with van der Waals surface area (Å²) in [4.78, 5) is 0. The van der Waals surface area contributed by atoms with E-state index in [1.807, 2.05) is 0 Å². The highest BCUT2D eigenvalue weighted by atomic mass is 35.5. The van der Waals surface area contributed by atoms with Crippen molar-refractivity contribution < 1.29 is 26.7 Å². The molecule has 0 amide bonds. The van der Waals surface area contributed by atoms with Crippen molar-refractivity contribution >= 4 is 33.0 Å². The van der Waals surface area contributed by atoms with Crippen LogP contribution < -0.4 is 4.72 Å². The van der Waals surface area contributed by atoms with Crippen LogP contribution in [0.5, 0.6) is 0 Å². The van der Waals surface area contributed by atoms with Gasteiger partial charge in [-0.3, -0.25) is 0 Å². The number of halogens is 4. The Balaban J connectivity index is 2.30. The van der Waals surface area contributed by atoms with Gasteiger partial charge in [0.25, 0.3) is 0 Å². The fraction of sp³-hybridized carbons (Fsp3) is 0.231. The average Bonchev–Trinajstić information content (AvgIpc) is 2.92. The summed E-state index contributed by atoms with van der Waals surface area (Å²) < 4.78 is 65.6. The maximum atomic E-state index is 13.3. The number of nitrogens with one attached hydrogen (secondary N) is 1. The third kappa shape index (κ3) is 3.86. The molecule has 0 aliphatic heterocycles. The number of rotatable bonds is 5. The molecule has 2 rings (SSSR count). The predicted molar refractivity (Wildman–Crippen MR) is 80.9 cm³/mol. The van der Waals surface area contributed by atoms with Crippen molar-refractivity contribution in [2.24, 2.45) is 0 Å². The highest BCUT2D eigenvalue weighted by molar-refractivity contribution is 7.91. The molecule has 0 fully saturated rings. The molecule has 0 aliphatic carbocycles. The molecule has 1 atom stereocenters. The number of hydrogen-bond donors (Lipinski definition) is 2. The molecule has 126 valence electrons. The van der Waals surface area contributed by atoms with Crippen LogP contribution in [0.4, 0.5) is 13.2 Å². The van der Waals surface area contributed by atoms with E-state index in [1.165, 1.54) is 30.3 Å². The molecule has 0 spiro atoms. The monoisotopic (exact) mass is 385 g/mol. The summed E-state index contributed by atoms with van der Waals surface area (Å²) in [6, 6.07) is 8.75. The summed E-state index contributed by atoms with van der Waals surface area (Å²) in [5, 5.41) is 10.1. The van der Waals surface area contributed by atoms with Gasteiger partial charge in [0.1, 0.15) is 4.21 Å². The van der Waals surface area contributed by atoms with Gasteiger partial charge in [-0.2, -0.15) is 13.2 Å². The van der Waals surface area contributed by atoms with Crippen LogP contribution in [0, 0.1) is 0 Å². The van der Waals surface area contributed by atoms with Crippen LogP contribution in [0.15, 0.2) is 46.7 Å². The number of aliphatic hydroxyl groups is 1. The van der Waals surface area contributed by atoms with E-state index in [0.29, 0.717) is 11.3 Å². The molecular formula is C13H11ClF3NO3S2. The zero-order valence-electron chi connectivity index (χ0n) is 11.3. The first kappa shape index (κ1) is 18.2. The molecule has 2 aromatic rings. The van der Waals surface area contributed by atoms with Crippen LogP contribution in [0.1, 0.15) is 5.56 Å².